The molecule has 150 valence electrons. The number of hydrogen-bond donors (Lipinski definition) is 2. The van der Waals surface area contributed by atoms with E-state index in [-0.39, 0.29) is 18.4 Å². The van der Waals surface area contributed by atoms with E-state index in [9.17, 15) is 9.59 Å². The predicted octanol–water partition coefficient (Wildman–Crippen LogP) is 2.73. The highest BCUT2D eigenvalue weighted by atomic mass is 16.5. The van der Waals surface area contributed by atoms with Crippen molar-refractivity contribution in [2.75, 3.05) is 17.7 Å². The highest BCUT2D eigenvalue weighted by Crippen LogP contribution is 2.28. The number of para-hydroxylation sites is 1. The molecular weight excluding hydrogens is 384 g/mol. The van der Waals surface area contributed by atoms with Crippen LogP contribution in [0.3, 0.4) is 0 Å². The zero-order valence-electron chi connectivity index (χ0n) is 16.1. The van der Waals surface area contributed by atoms with Crippen molar-refractivity contribution in [1.29, 1.82) is 0 Å². The number of rotatable bonds is 6. The Balaban J connectivity index is 1.46. The van der Waals surface area contributed by atoms with Gasteiger partial charge in [0.2, 0.25) is 5.91 Å². The van der Waals surface area contributed by atoms with Gasteiger partial charge in [-0.2, -0.15) is 0 Å². The number of nitrogens with zero attached hydrogens (tertiary/aromatic N) is 4. The van der Waals surface area contributed by atoms with Crippen molar-refractivity contribution < 1.29 is 14.3 Å². The molecule has 9 nitrogen and oxygen atoms in total. The minimum absolute atomic E-state index is 0.0162. The molecule has 0 atom stereocenters. The molecule has 0 unspecified atom stereocenters. The highest BCUT2D eigenvalue weighted by Gasteiger charge is 2.13. The van der Waals surface area contributed by atoms with Gasteiger partial charge in [-0.1, -0.05) is 17.3 Å². The standard InChI is InChI=1S/C21H18N6O3/c1-30-19-11-15(8-9-17(19)24-21(29)14-5-4-10-22-12-14)23-20(28)13-27-18-7-3-2-6-16(18)25-26-27/h2-12H,13H2,1H3,(H,23,28)(H,24,29). The summed E-state index contributed by atoms with van der Waals surface area (Å²) in [5.41, 5.74) is 2.93. The maximum Gasteiger partial charge on any atom is 0.257 e. The van der Waals surface area contributed by atoms with E-state index < -0.39 is 0 Å². The number of hydrogen-bond acceptors (Lipinski definition) is 6. The molecule has 2 N–H and O–H groups in total. The summed E-state index contributed by atoms with van der Waals surface area (Å²) in [6.07, 6.45) is 3.07. The number of carbonyl (C=O) groups is 2. The molecule has 2 aromatic carbocycles. The maximum atomic E-state index is 12.5. The van der Waals surface area contributed by atoms with E-state index >= 15 is 0 Å². The number of anilines is 2. The molecule has 0 saturated carbocycles. The Morgan fingerprint density at radius 3 is 2.73 bits per heavy atom. The zero-order chi connectivity index (χ0) is 20.9. The lowest BCUT2D eigenvalue weighted by atomic mass is 10.2. The van der Waals surface area contributed by atoms with Crippen LogP contribution in [0.2, 0.25) is 0 Å². The lowest BCUT2D eigenvalue weighted by Crippen LogP contribution is -2.19. The average molecular weight is 402 g/mol. The number of carbonyl (C=O) groups excluding carboxylic acids is 2. The Kier molecular flexibility index (Phi) is 5.33. The second-order valence-corrected chi connectivity index (χ2v) is 6.39. The van der Waals surface area contributed by atoms with E-state index in [1.54, 1.807) is 36.5 Å². The molecule has 2 amide bonds. The Hall–Kier alpha value is -4.27. The Labute approximate surface area is 171 Å². The fourth-order valence-electron chi connectivity index (χ4n) is 2.93. The van der Waals surface area contributed by atoms with Crippen molar-refractivity contribution in [3.05, 3.63) is 72.6 Å². The van der Waals surface area contributed by atoms with Crippen molar-refractivity contribution >= 4 is 34.2 Å². The molecule has 0 aliphatic rings. The molecule has 4 rings (SSSR count). The quantitative estimate of drug-likeness (QED) is 0.513. The molecule has 0 aliphatic heterocycles. The van der Waals surface area contributed by atoms with Gasteiger partial charge in [0, 0.05) is 24.1 Å². The van der Waals surface area contributed by atoms with Gasteiger partial charge >= 0.3 is 0 Å². The number of amides is 2. The first-order chi connectivity index (χ1) is 14.6. The first kappa shape index (κ1) is 19.1. The summed E-state index contributed by atoms with van der Waals surface area (Å²) in [6, 6.07) is 15.7. The van der Waals surface area contributed by atoms with Crippen molar-refractivity contribution in [2.24, 2.45) is 0 Å². The molecule has 0 bridgehead atoms. The van der Waals surface area contributed by atoms with E-state index in [0.29, 0.717) is 22.7 Å². The van der Waals surface area contributed by atoms with Crippen LogP contribution < -0.4 is 15.4 Å². The number of methoxy groups -OCH3 is 1. The van der Waals surface area contributed by atoms with Crippen LogP contribution in [0.25, 0.3) is 11.0 Å². The molecule has 4 aromatic rings. The number of aromatic nitrogens is 4. The summed E-state index contributed by atoms with van der Waals surface area (Å²) in [4.78, 5) is 28.7. The number of fused-ring (bicyclic) bond motifs is 1. The van der Waals surface area contributed by atoms with Crippen LogP contribution in [0, 0.1) is 0 Å². The zero-order valence-corrected chi connectivity index (χ0v) is 16.1. The Morgan fingerprint density at radius 1 is 1.07 bits per heavy atom. The van der Waals surface area contributed by atoms with Gasteiger partial charge in [0.05, 0.1) is 23.9 Å². The van der Waals surface area contributed by atoms with Gasteiger partial charge in [0.25, 0.3) is 5.91 Å². The first-order valence-corrected chi connectivity index (χ1v) is 9.11. The third kappa shape index (κ3) is 4.09. The van der Waals surface area contributed by atoms with Crippen molar-refractivity contribution in [1.82, 2.24) is 20.0 Å². The summed E-state index contributed by atoms with van der Waals surface area (Å²) in [5.74, 6) is -0.160. The third-order valence-corrected chi connectivity index (χ3v) is 4.37. The third-order valence-electron chi connectivity index (χ3n) is 4.37. The summed E-state index contributed by atoms with van der Waals surface area (Å²) in [7, 11) is 1.49. The second kappa shape index (κ2) is 8.39. The van der Waals surface area contributed by atoms with Crippen molar-refractivity contribution in [3.8, 4) is 5.75 Å². The van der Waals surface area contributed by atoms with Crippen LogP contribution in [0.5, 0.6) is 5.75 Å². The normalized spacial score (nSPS) is 10.6. The van der Waals surface area contributed by atoms with E-state index in [4.69, 9.17) is 4.74 Å². The average Bonchev–Trinajstić information content (AvgIpc) is 3.18. The fraction of sp³-hybridized carbons (Fsp3) is 0.0952. The van der Waals surface area contributed by atoms with Crippen LogP contribution >= 0.6 is 0 Å². The molecule has 0 fully saturated rings. The van der Waals surface area contributed by atoms with Gasteiger partial charge in [-0.15, -0.1) is 5.10 Å². The van der Waals surface area contributed by atoms with Gasteiger partial charge in [-0.3, -0.25) is 14.6 Å². The van der Waals surface area contributed by atoms with E-state index in [2.05, 4.69) is 25.9 Å². The fourth-order valence-corrected chi connectivity index (χ4v) is 2.93. The molecule has 0 aliphatic carbocycles. The summed E-state index contributed by atoms with van der Waals surface area (Å²) in [6.45, 7) is 0.0162. The molecule has 0 spiro atoms. The lowest BCUT2D eigenvalue weighted by Gasteiger charge is -2.13. The number of ether oxygens (including phenoxy) is 1. The first-order valence-electron chi connectivity index (χ1n) is 9.11. The van der Waals surface area contributed by atoms with Gasteiger partial charge in [0.1, 0.15) is 17.8 Å². The summed E-state index contributed by atoms with van der Waals surface area (Å²) < 4.78 is 6.89. The second-order valence-electron chi connectivity index (χ2n) is 6.39. The van der Waals surface area contributed by atoms with E-state index in [1.165, 1.54) is 18.0 Å². The van der Waals surface area contributed by atoms with Crippen LogP contribution in [0.1, 0.15) is 10.4 Å². The Bertz CT molecular complexity index is 1210. The molecule has 2 heterocycles. The lowest BCUT2D eigenvalue weighted by molar-refractivity contribution is -0.116. The number of benzene rings is 2. The SMILES string of the molecule is COc1cc(NC(=O)Cn2nnc3ccccc32)ccc1NC(=O)c1cccnc1. The van der Waals surface area contributed by atoms with Crippen LogP contribution in [0.4, 0.5) is 11.4 Å². The monoisotopic (exact) mass is 402 g/mol. The maximum absolute atomic E-state index is 12.5. The van der Waals surface area contributed by atoms with Crippen molar-refractivity contribution in [3.63, 3.8) is 0 Å². The molecule has 9 heteroatoms. The molecule has 30 heavy (non-hydrogen) atoms. The van der Waals surface area contributed by atoms with Gasteiger partial charge in [0.15, 0.2) is 0 Å². The predicted molar refractivity (Wildman–Crippen MR) is 111 cm³/mol. The van der Waals surface area contributed by atoms with Crippen LogP contribution in [-0.4, -0.2) is 38.9 Å². The van der Waals surface area contributed by atoms with Gasteiger partial charge in [-0.25, -0.2) is 4.68 Å². The van der Waals surface area contributed by atoms with Crippen molar-refractivity contribution in [2.45, 2.75) is 6.54 Å². The minimum Gasteiger partial charge on any atom is -0.494 e. The van der Waals surface area contributed by atoms with Gasteiger partial charge < -0.3 is 15.4 Å². The van der Waals surface area contributed by atoms with E-state index in [0.717, 1.165) is 11.0 Å². The summed E-state index contributed by atoms with van der Waals surface area (Å²) in [5, 5.41) is 13.6. The number of nitrogens with one attached hydrogen (secondary N) is 2. The summed E-state index contributed by atoms with van der Waals surface area (Å²) >= 11 is 0. The van der Waals surface area contributed by atoms with Crippen LogP contribution in [-0.2, 0) is 11.3 Å². The molecule has 0 radical (unpaired) electrons. The van der Waals surface area contributed by atoms with Gasteiger partial charge in [-0.05, 0) is 36.4 Å². The Morgan fingerprint density at radius 2 is 1.93 bits per heavy atom. The highest BCUT2D eigenvalue weighted by molar-refractivity contribution is 6.05. The van der Waals surface area contributed by atoms with Crippen LogP contribution in [0.15, 0.2) is 67.0 Å². The topological polar surface area (TPSA) is 111 Å². The minimum atomic E-state index is -0.309. The smallest absolute Gasteiger partial charge is 0.257 e. The molecule has 0 saturated heterocycles. The number of pyridine rings is 1. The molecule has 2 aromatic heterocycles. The van der Waals surface area contributed by atoms with E-state index in [1.807, 2.05) is 24.3 Å². The molecular formula is C21H18N6O3. The largest absolute Gasteiger partial charge is 0.494 e.